The van der Waals surface area contributed by atoms with E-state index in [0.717, 1.165) is 25.7 Å². The van der Waals surface area contributed by atoms with E-state index in [2.05, 4.69) is 19.1 Å². The highest BCUT2D eigenvalue weighted by Gasteiger charge is 2.40. The van der Waals surface area contributed by atoms with Gasteiger partial charge in [-0.1, -0.05) is 64.0 Å². The minimum Gasteiger partial charge on any atom is -0.394 e. The van der Waals surface area contributed by atoms with E-state index in [1.807, 2.05) is 0 Å². The number of allylic oxidation sites excluding steroid dienone is 2. The van der Waals surface area contributed by atoms with E-state index in [1.165, 1.54) is 51.4 Å². The minimum atomic E-state index is -0.983. The van der Waals surface area contributed by atoms with Gasteiger partial charge >= 0.3 is 0 Å². The topological polar surface area (TPSA) is 79.2 Å². The average molecular weight is 387 g/mol. The smallest absolute Gasteiger partial charge is 0.114 e. The Morgan fingerprint density at radius 1 is 0.926 bits per heavy atom. The van der Waals surface area contributed by atoms with Crippen molar-refractivity contribution in [2.24, 2.45) is 0 Å². The van der Waals surface area contributed by atoms with Crippen molar-refractivity contribution in [3.63, 3.8) is 0 Å². The normalized spacial score (nSPS) is 24.1. The van der Waals surface area contributed by atoms with Gasteiger partial charge in [0.2, 0.25) is 0 Å². The maximum atomic E-state index is 9.81. The fraction of sp³-hybridized carbons (Fsp3) is 0.909. The third-order valence-corrected chi connectivity index (χ3v) is 5.22. The molecule has 5 heteroatoms. The zero-order valence-corrected chi connectivity index (χ0v) is 17.2. The summed E-state index contributed by atoms with van der Waals surface area (Å²) >= 11 is 0. The molecule has 1 aliphatic rings. The second kappa shape index (κ2) is 16.5. The van der Waals surface area contributed by atoms with Crippen molar-refractivity contribution < 1.29 is 24.8 Å². The van der Waals surface area contributed by atoms with Crippen LogP contribution in [0.4, 0.5) is 0 Å². The van der Waals surface area contributed by atoms with Crippen LogP contribution in [0.2, 0.25) is 0 Å². The molecule has 4 atom stereocenters. The van der Waals surface area contributed by atoms with Crippen LogP contribution in [-0.4, -0.2) is 59.6 Å². The first-order valence-corrected chi connectivity index (χ1v) is 11.1. The van der Waals surface area contributed by atoms with E-state index < -0.39 is 24.4 Å². The monoisotopic (exact) mass is 386 g/mol. The van der Waals surface area contributed by atoms with Gasteiger partial charge in [0.05, 0.1) is 13.2 Å². The lowest BCUT2D eigenvalue weighted by Gasteiger charge is -2.24. The van der Waals surface area contributed by atoms with Gasteiger partial charge in [-0.3, -0.25) is 0 Å². The quantitative estimate of drug-likeness (QED) is 0.262. The highest BCUT2D eigenvalue weighted by atomic mass is 16.6. The Balaban J connectivity index is 1.90. The number of unbranched alkanes of at least 4 members (excludes halogenated alkanes) is 10. The lowest BCUT2D eigenvalue weighted by atomic mass is 10.1. The fourth-order valence-electron chi connectivity index (χ4n) is 3.44. The standard InChI is InChI=1S/C22H42O5/c1-2-3-4-5-6-7-8-9-10-11-12-13-14-15-16-26-20(17-23)22-21(25)19(24)18-27-22/h10-11,19-25H,2-9,12-18H2,1H3/b11-10+/t19-,20+,21+,22+/m0/s1. The molecule has 0 radical (unpaired) electrons. The van der Waals surface area contributed by atoms with Crippen LogP contribution < -0.4 is 0 Å². The fourth-order valence-corrected chi connectivity index (χ4v) is 3.44. The van der Waals surface area contributed by atoms with Crippen LogP contribution in [0.5, 0.6) is 0 Å². The van der Waals surface area contributed by atoms with E-state index in [1.54, 1.807) is 0 Å². The van der Waals surface area contributed by atoms with Gasteiger partial charge in [-0.25, -0.2) is 0 Å². The van der Waals surface area contributed by atoms with E-state index in [-0.39, 0.29) is 13.2 Å². The van der Waals surface area contributed by atoms with Crippen molar-refractivity contribution in [1.82, 2.24) is 0 Å². The summed E-state index contributed by atoms with van der Waals surface area (Å²) in [6.45, 7) is 2.68. The summed E-state index contributed by atoms with van der Waals surface area (Å²) in [5.41, 5.74) is 0. The Bertz CT molecular complexity index is 361. The van der Waals surface area contributed by atoms with Crippen molar-refractivity contribution in [2.75, 3.05) is 19.8 Å². The molecule has 0 saturated carbocycles. The number of hydrogen-bond acceptors (Lipinski definition) is 5. The molecule has 0 aromatic heterocycles. The number of ether oxygens (including phenoxy) is 2. The number of aliphatic hydroxyl groups excluding tert-OH is 3. The molecule has 0 spiro atoms. The average Bonchev–Trinajstić information content (AvgIpc) is 3.00. The predicted molar refractivity (Wildman–Crippen MR) is 109 cm³/mol. The molecular formula is C22H42O5. The van der Waals surface area contributed by atoms with Gasteiger partial charge in [0, 0.05) is 6.61 Å². The van der Waals surface area contributed by atoms with Gasteiger partial charge < -0.3 is 24.8 Å². The first-order chi connectivity index (χ1) is 13.2. The molecule has 1 heterocycles. The Morgan fingerprint density at radius 2 is 1.52 bits per heavy atom. The molecule has 0 aliphatic carbocycles. The highest BCUT2D eigenvalue weighted by molar-refractivity contribution is 4.88. The van der Waals surface area contributed by atoms with Crippen molar-refractivity contribution in [2.45, 2.75) is 108 Å². The van der Waals surface area contributed by atoms with Gasteiger partial charge in [0.15, 0.2) is 0 Å². The van der Waals surface area contributed by atoms with Crippen LogP contribution in [0.25, 0.3) is 0 Å². The molecule has 0 amide bonds. The van der Waals surface area contributed by atoms with Crippen LogP contribution in [0.15, 0.2) is 12.2 Å². The lowest BCUT2D eigenvalue weighted by molar-refractivity contribution is -0.101. The summed E-state index contributed by atoms with van der Waals surface area (Å²) in [7, 11) is 0. The second-order valence-corrected chi connectivity index (χ2v) is 7.68. The molecule has 0 unspecified atom stereocenters. The van der Waals surface area contributed by atoms with Crippen molar-refractivity contribution in [3.05, 3.63) is 12.2 Å². The molecule has 1 aliphatic heterocycles. The van der Waals surface area contributed by atoms with Gasteiger partial charge in [0.1, 0.15) is 24.4 Å². The third-order valence-electron chi connectivity index (χ3n) is 5.22. The predicted octanol–water partition coefficient (Wildman–Crippen LogP) is 3.74. The van der Waals surface area contributed by atoms with Crippen molar-refractivity contribution >= 4 is 0 Å². The molecular weight excluding hydrogens is 344 g/mol. The van der Waals surface area contributed by atoms with Crippen molar-refractivity contribution in [1.29, 1.82) is 0 Å². The molecule has 0 bridgehead atoms. The largest absolute Gasteiger partial charge is 0.394 e. The molecule has 27 heavy (non-hydrogen) atoms. The molecule has 0 aromatic rings. The maximum Gasteiger partial charge on any atom is 0.114 e. The molecule has 1 saturated heterocycles. The SMILES string of the molecule is CCCCCCCCC/C=C/CCCCCO[C@H](CO)[C@H]1OC[C@H](O)[C@H]1O. The van der Waals surface area contributed by atoms with Crippen LogP contribution in [-0.2, 0) is 9.47 Å². The minimum absolute atomic E-state index is 0.0941. The van der Waals surface area contributed by atoms with Crippen LogP contribution in [0.1, 0.15) is 84.0 Å². The van der Waals surface area contributed by atoms with Gasteiger partial charge in [-0.15, -0.1) is 0 Å². The molecule has 0 aromatic carbocycles. The summed E-state index contributed by atoms with van der Waals surface area (Å²) in [5.74, 6) is 0. The van der Waals surface area contributed by atoms with Crippen LogP contribution in [0.3, 0.4) is 0 Å². The number of rotatable bonds is 17. The first-order valence-electron chi connectivity index (χ1n) is 11.1. The Kier molecular flexibility index (Phi) is 15.0. The van der Waals surface area contributed by atoms with Gasteiger partial charge in [0.25, 0.3) is 0 Å². The zero-order valence-electron chi connectivity index (χ0n) is 17.2. The Labute approximate surface area is 165 Å². The van der Waals surface area contributed by atoms with E-state index in [0.29, 0.717) is 6.61 Å². The van der Waals surface area contributed by atoms with Gasteiger partial charge in [-0.2, -0.15) is 0 Å². The molecule has 1 rings (SSSR count). The van der Waals surface area contributed by atoms with E-state index in [9.17, 15) is 15.3 Å². The summed E-state index contributed by atoms with van der Waals surface area (Å²) in [5, 5.41) is 28.7. The summed E-state index contributed by atoms with van der Waals surface area (Å²) in [4.78, 5) is 0. The summed E-state index contributed by atoms with van der Waals surface area (Å²) in [6, 6.07) is 0. The summed E-state index contributed by atoms with van der Waals surface area (Å²) < 4.78 is 10.9. The second-order valence-electron chi connectivity index (χ2n) is 7.68. The Morgan fingerprint density at radius 3 is 2.07 bits per heavy atom. The van der Waals surface area contributed by atoms with E-state index >= 15 is 0 Å². The van der Waals surface area contributed by atoms with E-state index in [4.69, 9.17) is 9.47 Å². The maximum absolute atomic E-state index is 9.81. The Hall–Kier alpha value is -0.460. The van der Waals surface area contributed by atoms with Crippen LogP contribution in [0, 0.1) is 0 Å². The molecule has 160 valence electrons. The number of aliphatic hydroxyl groups is 3. The first kappa shape index (κ1) is 24.6. The molecule has 1 fully saturated rings. The zero-order chi connectivity index (χ0) is 19.7. The van der Waals surface area contributed by atoms with Crippen molar-refractivity contribution in [3.8, 4) is 0 Å². The number of hydrogen-bond donors (Lipinski definition) is 3. The molecule has 3 N–H and O–H groups in total. The lowest BCUT2D eigenvalue weighted by Crippen LogP contribution is -2.42. The van der Waals surface area contributed by atoms with Gasteiger partial charge in [-0.05, 0) is 32.1 Å². The highest BCUT2D eigenvalue weighted by Crippen LogP contribution is 2.19. The summed E-state index contributed by atoms with van der Waals surface area (Å²) in [6.07, 6.45) is 16.5. The molecule has 5 nitrogen and oxygen atoms in total. The third kappa shape index (κ3) is 11.2. The van der Waals surface area contributed by atoms with Crippen LogP contribution >= 0.6 is 0 Å².